The van der Waals surface area contributed by atoms with E-state index >= 15 is 0 Å². The third-order valence-corrected chi connectivity index (χ3v) is 4.43. The van der Waals surface area contributed by atoms with Crippen molar-refractivity contribution in [1.82, 2.24) is 15.0 Å². The molecule has 1 saturated carbocycles. The molecule has 1 amide bonds. The third kappa shape index (κ3) is 2.93. The van der Waals surface area contributed by atoms with E-state index < -0.39 is 0 Å². The van der Waals surface area contributed by atoms with Gasteiger partial charge in [0.15, 0.2) is 5.76 Å². The van der Waals surface area contributed by atoms with Crippen molar-refractivity contribution in [3.05, 3.63) is 41.4 Å². The number of nitrogens with zero attached hydrogens (tertiary/aromatic N) is 3. The fourth-order valence-electron chi connectivity index (χ4n) is 3.05. The van der Waals surface area contributed by atoms with Gasteiger partial charge < -0.3 is 14.7 Å². The van der Waals surface area contributed by atoms with Gasteiger partial charge in [0.25, 0.3) is 5.91 Å². The number of carbonyl (C=O) groups excluding carboxylic acids is 1. The summed E-state index contributed by atoms with van der Waals surface area (Å²) in [5.41, 5.74) is 1.46. The molecule has 1 atom stereocenters. The van der Waals surface area contributed by atoms with Gasteiger partial charge >= 0.3 is 0 Å². The van der Waals surface area contributed by atoms with Gasteiger partial charge in [-0.15, -0.1) is 0 Å². The van der Waals surface area contributed by atoms with Crippen molar-refractivity contribution < 1.29 is 9.32 Å². The first kappa shape index (κ1) is 14.2. The fourth-order valence-corrected chi connectivity index (χ4v) is 3.05. The minimum atomic E-state index is -0.0204. The van der Waals surface area contributed by atoms with Crippen LogP contribution in [0.15, 0.2) is 28.9 Å². The Morgan fingerprint density at radius 3 is 2.87 bits per heavy atom. The molecule has 1 aliphatic carbocycles. The average Bonchev–Trinajstić information content (AvgIpc) is 3.07. The maximum Gasteiger partial charge on any atom is 0.256 e. The Hall–Kier alpha value is -2.37. The molecule has 120 valence electrons. The summed E-state index contributed by atoms with van der Waals surface area (Å²) in [5.74, 6) is 1.62. The van der Waals surface area contributed by atoms with Crippen LogP contribution in [0.3, 0.4) is 0 Å². The maximum absolute atomic E-state index is 12.8. The van der Waals surface area contributed by atoms with E-state index in [1.54, 1.807) is 6.20 Å². The zero-order valence-corrected chi connectivity index (χ0v) is 13.2. The molecule has 2 aromatic heterocycles. The van der Waals surface area contributed by atoms with Crippen LogP contribution in [0, 0.1) is 6.92 Å². The molecule has 0 aromatic carbocycles. The second kappa shape index (κ2) is 5.68. The van der Waals surface area contributed by atoms with Gasteiger partial charge in [-0.05, 0) is 44.7 Å². The number of carbonyl (C=O) groups is 1. The highest BCUT2D eigenvalue weighted by atomic mass is 16.5. The van der Waals surface area contributed by atoms with Crippen LogP contribution in [0.2, 0.25) is 0 Å². The van der Waals surface area contributed by atoms with Crippen LogP contribution < -0.4 is 5.32 Å². The van der Waals surface area contributed by atoms with Gasteiger partial charge in [0.05, 0.1) is 17.3 Å². The lowest BCUT2D eigenvalue weighted by atomic mass is 10.1. The van der Waals surface area contributed by atoms with E-state index in [2.05, 4.69) is 15.5 Å². The monoisotopic (exact) mass is 312 g/mol. The first-order valence-electron chi connectivity index (χ1n) is 8.17. The molecule has 6 nitrogen and oxygen atoms in total. The van der Waals surface area contributed by atoms with Gasteiger partial charge in [0, 0.05) is 24.8 Å². The topological polar surface area (TPSA) is 71.3 Å². The van der Waals surface area contributed by atoms with Crippen LogP contribution in [0.1, 0.15) is 53.5 Å². The van der Waals surface area contributed by atoms with Gasteiger partial charge in [0.2, 0.25) is 0 Å². The average molecular weight is 312 g/mol. The molecular formula is C17H20N4O2. The molecule has 1 aliphatic heterocycles. The van der Waals surface area contributed by atoms with E-state index in [9.17, 15) is 4.79 Å². The minimum absolute atomic E-state index is 0.00650. The molecule has 1 saturated heterocycles. The number of pyridine rings is 1. The number of aromatic nitrogens is 2. The third-order valence-electron chi connectivity index (χ3n) is 4.43. The molecule has 4 rings (SSSR count). The Labute approximate surface area is 134 Å². The summed E-state index contributed by atoms with van der Waals surface area (Å²) >= 11 is 0. The molecule has 0 unspecified atom stereocenters. The minimum Gasteiger partial charge on any atom is -0.367 e. The molecule has 2 aromatic rings. The number of hydrogen-bond acceptors (Lipinski definition) is 5. The molecule has 1 N–H and O–H groups in total. The van der Waals surface area contributed by atoms with Crippen molar-refractivity contribution in [3.63, 3.8) is 0 Å². The predicted octanol–water partition coefficient (Wildman–Crippen LogP) is 2.93. The summed E-state index contributed by atoms with van der Waals surface area (Å²) in [6, 6.07) is 6.18. The van der Waals surface area contributed by atoms with Crippen LogP contribution in [0.5, 0.6) is 0 Å². The van der Waals surface area contributed by atoms with Crippen molar-refractivity contribution in [3.8, 4) is 0 Å². The summed E-state index contributed by atoms with van der Waals surface area (Å²) in [6.07, 6.45) is 5.96. The van der Waals surface area contributed by atoms with Crippen molar-refractivity contribution in [2.24, 2.45) is 0 Å². The van der Waals surface area contributed by atoms with E-state index in [0.29, 0.717) is 11.6 Å². The molecule has 23 heavy (non-hydrogen) atoms. The summed E-state index contributed by atoms with van der Waals surface area (Å²) in [5, 5.41) is 7.27. The van der Waals surface area contributed by atoms with Gasteiger partial charge in [0.1, 0.15) is 5.82 Å². The van der Waals surface area contributed by atoms with E-state index in [0.717, 1.165) is 36.7 Å². The zero-order valence-electron chi connectivity index (χ0n) is 13.2. The van der Waals surface area contributed by atoms with Crippen LogP contribution in [0.25, 0.3) is 0 Å². The van der Waals surface area contributed by atoms with Crippen molar-refractivity contribution >= 4 is 11.7 Å². The highest BCUT2D eigenvalue weighted by molar-refractivity contribution is 5.94. The smallest absolute Gasteiger partial charge is 0.256 e. The second-order valence-corrected chi connectivity index (χ2v) is 6.38. The Morgan fingerprint density at radius 1 is 1.35 bits per heavy atom. The number of rotatable bonds is 4. The highest BCUT2D eigenvalue weighted by Crippen LogP contribution is 2.33. The normalized spacial score (nSPS) is 20.7. The van der Waals surface area contributed by atoms with E-state index in [-0.39, 0.29) is 11.9 Å². The van der Waals surface area contributed by atoms with E-state index in [1.165, 1.54) is 12.8 Å². The number of anilines is 1. The second-order valence-electron chi connectivity index (χ2n) is 6.38. The Balaban J connectivity index is 1.50. The van der Waals surface area contributed by atoms with Crippen molar-refractivity contribution in [2.45, 2.75) is 44.7 Å². The molecule has 3 heterocycles. The van der Waals surface area contributed by atoms with E-state index in [1.807, 2.05) is 30.0 Å². The summed E-state index contributed by atoms with van der Waals surface area (Å²) < 4.78 is 5.36. The lowest BCUT2D eigenvalue weighted by Gasteiger charge is -2.22. The molecule has 0 radical (unpaired) electrons. The van der Waals surface area contributed by atoms with E-state index in [4.69, 9.17) is 4.52 Å². The maximum atomic E-state index is 12.8. The number of hydrogen-bond donors (Lipinski definition) is 1. The van der Waals surface area contributed by atoms with Gasteiger partial charge in [-0.2, -0.15) is 0 Å². The SMILES string of the molecule is Cc1cc([C@H]2CCCN2C(=O)c2ccc(NC3CC3)nc2)on1. The lowest BCUT2D eigenvalue weighted by molar-refractivity contribution is 0.0714. The molecule has 2 aliphatic rings. The van der Waals surface area contributed by atoms with Gasteiger partial charge in [-0.3, -0.25) is 4.79 Å². The lowest BCUT2D eigenvalue weighted by Crippen LogP contribution is -2.30. The van der Waals surface area contributed by atoms with Crippen LogP contribution in [-0.4, -0.2) is 33.5 Å². The quantitative estimate of drug-likeness (QED) is 0.940. The summed E-state index contributed by atoms with van der Waals surface area (Å²) in [7, 11) is 0. The zero-order chi connectivity index (χ0) is 15.8. The highest BCUT2D eigenvalue weighted by Gasteiger charge is 2.33. The van der Waals surface area contributed by atoms with Crippen molar-refractivity contribution in [1.29, 1.82) is 0 Å². The first-order valence-corrected chi connectivity index (χ1v) is 8.17. The Bertz CT molecular complexity index is 706. The summed E-state index contributed by atoms with van der Waals surface area (Å²) in [6.45, 7) is 2.63. The van der Waals surface area contributed by atoms with Gasteiger partial charge in [-0.25, -0.2) is 4.98 Å². The fraction of sp³-hybridized carbons (Fsp3) is 0.471. The predicted molar refractivity (Wildman–Crippen MR) is 85.1 cm³/mol. The van der Waals surface area contributed by atoms with Gasteiger partial charge in [-0.1, -0.05) is 5.16 Å². The van der Waals surface area contributed by atoms with Crippen LogP contribution in [-0.2, 0) is 0 Å². The summed E-state index contributed by atoms with van der Waals surface area (Å²) in [4.78, 5) is 19.0. The first-order chi connectivity index (χ1) is 11.2. The Morgan fingerprint density at radius 2 is 2.22 bits per heavy atom. The molecular weight excluding hydrogens is 292 g/mol. The largest absolute Gasteiger partial charge is 0.367 e. The molecule has 0 bridgehead atoms. The Kier molecular flexibility index (Phi) is 3.52. The van der Waals surface area contributed by atoms with Crippen LogP contribution >= 0.6 is 0 Å². The van der Waals surface area contributed by atoms with Crippen LogP contribution in [0.4, 0.5) is 5.82 Å². The van der Waals surface area contributed by atoms with Crippen molar-refractivity contribution in [2.75, 3.05) is 11.9 Å². The molecule has 6 heteroatoms. The number of likely N-dealkylation sites (tertiary alicyclic amines) is 1. The number of aryl methyl sites for hydroxylation is 1. The molecule has 0 spiro atoms. The number of amides is 1. The molecule has 2 fully saturated rings. The number of nitrogens with one attached hydrogen (secondary N) is 1. The standard InChI is InChI=1S/C17H20N4O2/c1-11-9-15(23-20-11)14-3-2-8-21(14)17(22)12-4-7-16(18-10-12)19-13-5-6-13/h4,7,9-10,13-14H,2-3,5-6,8H2,1H3,(H,18,19)/t14-/m1/s1.